The van der Waals surface area contributed by atoms with E-state index in [0.717, 1.165) is 6.20 Å². The van der Waals surface area contributed by atoms with Crippen LogP contribution in [0.15, 0.2) is 49.4 Å². The Bertz CT molecular complexity index is 829. The van der Waals surface area contributed by atoms with E-state index in [0.29, 0.717) is 10.6 Å². The Morgan fingerprint density at radius 2 is 2.08 bits per heavy atom. The molecule has 0 aliphatic carbocycles. The van der Waals surface area contributed by atoms with Crippen molar-refractivity contribution >= 4 is 11.6 Å². The number of halogens is 2. The summed E-state index contributed by atoms with van der Waals surface area (Å²) in [5, 5.41) is 15.9. The monoisotopic (exact) mass is 347 g/mol. The van der Waals surface area contributed by atoms with Gasteiger partial charge in [0.15, 0.2) is 5.82 Å². The van der Waals surface area contributed by atoms with Crippen molar-refractivity contribution in [1.29, 1.82) is 0 Å². The zero-order valence-corrected chi connectivity index (χ0v) is 13.6. The number of benzene rings is 1. The van der Waals surface area contributed by atoms with Gasteiger partial charge < -0.3 is 5.11 Å². The van der Waals surface area contributed by atoms with Gasteiger partial charge in [0.25, 0.3) is 0 Å². The normalized spacial score (nSPS) is 15.0. The molecule has 0 unspecified atom stereocenters. The SMILES string of the molecule is C[C@@H](c1ncncc1F)[C@](O)(Cn1cncn1)c1ccccc1Cl. The van der Waals surface area contributed by atoms with E-state index in [-0.39, 0.29) is 12.2 Å². The van der Waals surface area contributed by atoms with Crippen LogP contribution in [0.4, 0.5) is 4.39 Å². The van der Waals surface area contributed by atoms with Crippen LogP contribution in [-0.4, -0.2) is 29.8 Å². The van der Waals surface area contributed by atoms with Crippen LogP contribution in [0.25, 0.3) is 0 Å². The van der Waals surface area contributed by atoms with E-state index >= 15 is 0 Å². The number of rotatable bonds is 5. The Balaban J connectivity index is 2.11. The Morgan fingerprint density at radius 3 is 2.75 bits per heavy atom. The van der Waals surface area contributed by atoms with Crippen LogP contribution in [0, 0.1) is 5.82 Å². The molecule has 0 aliphatic rings. The van der Waals surface area contributed by atoms with Gasteiger partial charge in [0.05, 0.1) is 18.4 Å². The number of hydrogen-bond donors (Lipinski definition) is 1. The van der Waals surface area contributed by atoms with E-state index in [1.54, 1.807) is 31.2 Å². The second kappa shape index (κ2) is 6.62. The fraction of sp³-hybridized carbons (Fsp3) is 0.250. The maximum Gasteiger partial charge on any atom is 0.163 e. The van der Waals surface area contributed by atoms with Gasteiger partial charge in [-0.15, -0.1) is 0 Å². The molecule has 124 valence electrons. The molecule has 8 heteroatoms. The first kappa shape index (κ1) is 16.5. The van der Waals surface area contributed by atoms with Gasteiger partial charge in [0.1, 0.15) is 24.6 Å². The molecule has 2 aromatic heterocycles. The van der Waals surface area contributed by atoms with Crippen LogP contribution in [-0.2, 0) is 12.1 Å². The molecule has 1 aromatic carbocycles. The average molecular weight is 348 g/mol. The fourth-order valence-corrected chi connectivity index (χ4v) is 3.00. The largest absolute Gasteiger partial charge is 0.382 e. The highest BCUT2D eigenvalue weighted by Gasteiger charge is 2.41. The van der Waals surface area contributed by atoms with Crippen molar-refractivity contribution in [3.8, 4) is 0 Å². The smallest absolute Gasteiger partial charge is 0.163 e. The van der Waals surface area contributed by atoms with Gasteiger partial charge in [-0.1, -0.05) is 36.7 Å². The van der Waals surface area contributed by atoms with Crippen LogP contribution >= 0.6 is 11.6 Å². The lowest BCUT2D eigenvalue weighted by molar-refractivity contribution is -0.0101. The van der Waals surface area contributed by atoms with Crippen LogP contribution < -0.4 is 0 Å². The summed E-state index contributed by atoms with van der Waals surface area (Å²) in [6.45, 7) is 1.73. The van der Waals surface area contributed by atoms with E-state index in [1.165, 1.54) is 23.7 Å². The molecular weight excluding hydrogens is 333 g/mol. The number of aliphatic hydroxyl groups is 1. The third-order valence-electron chi connectivity index (χ3n) is 4.03. The summed E-state index contributed by atoms with van der Waals surface area (Å²) >= 11 is 6.29. The van der Waals surface area contributed by atoms with Crippen molar-refractivity contribution in [2.75, 3.05) is 0 Å². The quantitative estimate of drug-likeness (QED) is 0.767. The second-order valence-corrected chi connectivity index (χ2v) is 5.88. The van der Waals surface area contributed by atoms with E-state index in [2.05, 4.69) is 20.1 Å². The van der Waals surface area contributed by atoms with Crippen LogP contribution in [0.5, 0.6) is 0 Å². The van der Waals surface area contributed by atoms with Crippen LogP contribution in [0.3, 0.4) is 0 Å². The molecule has 0 saturated carbocycles. The lowest BCUT2D eigenvalue weighted by Gasteiger charge is -2.34. The molecule has 2 atom stereocenters. The topological polar surface area (TPSA) is 76.7 Å². The summed E-state index contributed by atoms with van der Waals surface area (Å²) in [7, 11) is 0. The van der Waals surface area contributed by atoms with Gasteiger partial charge in [-0.05, 0) is 6.07 Å². The van der Waals surface area contributed by atoms with Gasteiger partial charge in [-0.2, -0.15) is 5.10 Å². The zero-order valence-electron chi connectivity index (χ0n) is 12.8. The molecular formula is C16H15ClFN5O. The highest BCUT2D eigenvalue weighted by Crippen LogP contribution is 2.41. The van der Waals surface area contributed by atoms with Gasteiger partial charge in [0.2, 0.25) is 0 Å². The summed E-state index contributed by atoms with van der Waals surface area (Å²) in [4.78, 5) is 11.5. The molecule has 0 radical (unpaired) electrons. The Morgan fingerprint density at radius 1 is 1.29 bits per heavy atom. The molecule has 2 heterocycles. The maximum absolute atomic E-state index is 14.2. The zero-order chi connectivity index (χ0) is 17.2. The van der Waals surface area contributed by atoms with Crippen molar-refractivity contribution in [2.45, 2.75) is 25.0 Å². The van der Waals surface area contributed by atoms with Gasteiger partial charge >= 0.3 is 0 Å². The molecule has 3 rings (SSSR count). The van der Waals surface area contributed by atoms with Gasteiger partial charge in [0, 0.05) is 16.5 Å². The lowest BCUT2D eigenvalue weighted by atomic mass is 9.80. The molecule has 1 N–H and O–H groups in total. The molecule has 0 aliphatic heterocycles. The third kappa shape index (κ3) is 3.00. The highest BCUT2D eigenvalue weighted by atomic mass is 35.5. The molecule has 6 nitrogen and oxygen atoms in total. The minimum Gasteiger partial charge on any atom is -0.382 e. The van der Waals surface area contributed by atoms with Crippen molar-refractivity contribution in [3.63, 3.8) is 0 Å². The first-order chi connectivity index (χ1) is 11.5. The van der Waals surface area contributed by atoms with Crippen molar-refractivity contribution < 1.29 is 9.50 Å². The Hall–Kier alpha value is -2.38. The number of hydrogen-bond acceptors (Lipinski definition) is 5. The fourth-order valence-electron chi connectivity index (χ4n) is 2.70. The second-order valence-electron chi connectivity index (χ2n) is 5.47. The Kier molecular flexibility index (Phi) is 4.55. The predicted molar refractivity (Wildman–Crippen MR) is 85.8 cm³/mol. The van der Waals surface area contributed by atoms with Gasteiger partial charge in [-0.3, -0.25) is 0 Å². The predicted octanol–water partition coefficient (Wildman–Crippen LogP) is 2.55. The molecule has 0 bridgehead atoms. The van der Waals surface area contributed by atoms with Crippen molar-refractivity contribution in [2.24, 2.45) is 0 Å². The number of nitrogens with zero attached hydrogens (tertiary/aromatic N) is 5. The third-order valence-corrected chi connectivity index (χ3v) is 4.36. The lowest BCUT2D eigenvalue weighted by Crippen LogP contribution is -2.38. The standard InChI is InChI=1S/C16H15ClFN5O/c1-11(15-14(18)6-19-8-21-15)16(24,7-23-10-20-9-22-23)12-4-2-3-5-13(12)17/h2-6,8-11,24H,7H2,1H3/t11-,16+/m0/s1. The number of aromatic nitrogens is 5. The first-order valence-electron chi connectivity index (χ1n) is 7.27. The van der Waals surface area contributed by atoms with E-state index < -0.39 is 17.3 Å². The van der Waals surface area contributed by atoms with Crippen molar-refractivity contribution in [1.82, 2.24) is 24.7 Å². The average Bonchev–Trinajstić information content (AvgIpc) is 3.07. The maximum atomic E-state index is 14.2. The molecule has 3 aromatic rings. The molecule has 0 saturated heterocycles. The molecule has 0 fully saturated rings. The Labute approximate surface area is 143 Å². The molecule has 0 spiro atoms. The van der Waals surface area contributed by atoms with E-state index in [9.17, 15) is 9.50 Å². The minimum atomic E-state index is -1.54. The summed E-state index contributed by atoms with van der Waals surface area (Å²) in [6, 6.07) is 6.90. The summed E-state index contributed by atoms with van der Waals surface area (Å²) in [5.74, 6) is -1.29. The summed E-state index contributed by atoms with van der Waals surface area (Å²) in [5.41, 5.74) is -0.971. The first-order valence-corrected chi connectivity index (χ1v) is 7.65. The molecule has 0 amide bonds. The summed E-state index contributed by atoms with van der Waals surface area (Å²) < 4.78 is 15.6. The van der Waals surface area contributed by atoms with E-state index in [1.807, 2.05) is 0 Å². The van der Waals surface area contributed by atoms with Crippen LogP contribution in [0.2, 0.25) is 5.02 Å². The van der Waals surface area contributed by atoms with Crippen molar-refractivity contribution in [3.05, 3.63) is 71.5 Å². The molecule has 24 heavy (non-hydrogen) atoms. The highest BCUT2D eigenvalue weighted by molar-refractivity contribution is 6.31. The van der Waals surface area contributed by atoms with Crippen LogP contribution in [0.1, 0.15) is 24.1 Å². The minimum absolute atomic E-state index is 0.0430. The van der Waals surface area contributed by atoms with Gasteiger partial charge in [-0.25, -0.2) is 24.0 Å². The van der Waals surface area contributed by atoms with E-state index in [4.69, 9.17) is 11.6 Å². The summed E-state index contributed by atoms with van der Waals surface area (Å²) in [6.07, 6.45) is 5.16.